The van der Waals surface area contributed by atoms with Gasteiger partial charge < -0.3 is 9.47 Å². The van der Waals surface area contributed by atoms with Crippen molar-refractivity contribution in [3.05, 3.63) is 109 Å². The number of ether oxygens (including phenoxy) is 2. The van der Waals surface area contributed by atoms with Crippen LogP contribution in [0.5, 0.6) is 23.0 Å². The van der Waals surface area contributed by atoms with Crippen molar-refractivity contribution in [1.82, 2.24) is 0 Å². The molecule has 2 aliphatic rings. The molecule has 0 atom stereocenters. The Hall–Kier alpha value is -3.78. The van der Waals surface area contributed by atoms with Gasteiger partial charge in [-0.05, 0) is 35.2 Å². The molecular weight excluding hydrogens is 344 g/mol. The van der Waals surface area contributed by atoms with Gasteiger partial charge in [0.15, 0.2) is 11.5 Å². The van der Waals surface area contributed by atoms with Gasteiger partial charge in [-0.3, -0.25) is 0 Å². The van der Waals surface area contributed by atoms with E-state index in [4.69, 9.17) is 9.47 Å². The summed E-state index contributed by atoms with van der Waals surface area (Å²) in [4.78, 5) is 0. The number of fused-ring (bicyclic) bond motifs is 2. The highest BCUT2D eigenvalue weighted by atomic mass is 16.5. The van der Waals surface area contributed by atoms with Gasteiger partial charge in [-0.25, -0.2) is 0 Å². The van der Waals surface area contributed by atoms with Crippen LogP contribution in [0.15, 0.2) is 109 Å². The fourth-order valence-corrected chi connectivity index (χ4v) is 3.42. The molecule has 2 heteroatoms. The fraction of sp³-hybridized carbons (Fsp3) is 0. The number of rotatable bonds is 4. The van der Waals surface area contributed by atoms with Crippen molar-refractivity contribution in [1.29, 1.82) is 0 Å². The predicted molar refractivity (Wildman–Crippen MR) is 114 cm³/mol. The quantitative estimate of drug-likeness (QED) is 0.329. The molecule has 0 saturated carbocycles. The Labute approximate surface area is 163 Å². The maximum absolute atomic E-state index is 6.46. The lowest BCUT2D eigenvalue weighted by atomic mass is 10.1. The van der Waals surface area contributed by atoms with Crippen LogP contribution in [0.3, 0.4) is 0 Å². The summed E-state index contributed by atoms with van der Waals surface area (Å²) in [5.41, 5.74) is 2.09. The van der Waals surface area contributed by atoms with Crippen molar-refractivity contribution < 1.29 is 9.47 Å². The largest absolute Gasteiger partial charge is 0.453 e. The minimum absolute atomic E-state index is 0.709. The first-order valence-corrected chi connectivity index (χ1v) is 9.29. The Morgan fingerprint density at radius 3 is 2.11 bits per heavy atom. The lowest BCUT2D eigenvalue weighted by molar-refractivity contribution is 0.426. The molecule has 3 aromatic carbocycles. The Morgan fingerprint density at radius 1 is 0.500 bits per heavy atom. The zero-order valence-corrected chi connectivity index (χ0v) is 15.2. The Morgan fingerprint density at radius 2 is 1.21 bits per heavy atom. The second kappa shape index (κ2) is 7.09. The molecular formula is C26H18O2. The van der Waals surface area contributed by atoms with E-state index >= 15 is 0 Å². The standard InChI is InChI=1S/C26H18O2/c1-3-11-20-18-25(27-21-13-4-2-5-14-21)26(23(20)16-6-1)28-24-17-9-12-19-10-7-8-15-22(19)24/h1-18H. The van der Waals surface area contributed by atoms with E-state index in [-0.39, 0.29) is 0 Å². The second-order valence-electron chi connectivity index (χ2n) is 6.61. The van der Waals surface area contributed by atoms with Gasteiger partial charge in [0.05, 0.1) is 0 Å². The van der Waals surface area contributed by atoms with Crippen molar-refractivity contribution >= 4 is 10.8 Å². The summed E-state index contributed by atoms with van der Waals surface area (Å²) in [6.45, 7) is 0. The minimum Gasteiger partial charge on any atom is -0.453 e. The highest BCUT2D eigenvalue weighted by Gasteiger charge is 2.20. The van der Waals surface area contributed by atoms with Gasteiger partial charge in [0.2, 0.25) is 0 Å². The lowest BCUT2D eigenvalue weighted by Gasteiger charge is -2.12. The van der Waals surface area contributed by atoms with Gasteiger partial charge in [0.1, 0.15) is 11.5 Å². The predicted octanol–water partition coefficient (Wildman–Crippen LogP) is 7.53. The molecule has 5 rings (SSSR count). The molecule has 0 aliphatic heterocycles. The Kier molecular flexibility index (Phi) is 4.15. The van der Waals surface area contributed by atoms with Gasteiger partial charge in [-0.15, -0.1) is 0 Å². The molecule has 3 aromatic rings. The van der Waals surface area contributed by atoms with Crippen molar-refractivity contribution in [3.8, 4) is 34.1 Å². The third kappa shape index (κ3) is 3.06. The third-order valence-corrected chi connectivity index (χ3v) is 4.76. The minimum atomic E-state index is 0.709. The maximum atomic E-state index is 6.46. The zero-order chi connectivity index (χ0) is 18.8. The molecule has 0 amide bonds. The summed E-state index contributed by atoms with van der Waals surface area (Å²) >= 11 is 0. The van der Waals surface area contributed by atoms with E-state index in [0.29, 0.717) is 5.75 Å². The average Bonchev–Trinajstić information content (AvgIpc) is 2.90. The SMILES string of the molecule is c1ccc(Oc2cc3cccccc-3c2Oc2cccc3ccccc23)cc1. The molecule has 0 heterocycles. The zero-order valence-electron chi connectivity index (χ0n) is 15.2. The van der Waals surface area contributed by atoms with Crippen molar-refractivity contribution in [2.24, 2.45) is 0 Å². The molecule has 0 N–H and O–H groups in total. The first kappa shape index (κ1) is 16.4. The van der Waals surface area contributed by atoms with Gasteiger partial charge in [-0.1, -0.05) is 84.9 Å². The van der Waals surface area contributed by atoms with Crippen LogP contribution in [0.4, 0.5) is 0 Å². The van der Waals surface area contributed by atoms with Gasteiger partial charge in [0, 0.05) is 10.9 Å². The number of hydrogen-bond acceptors (Lipinski definition) is 2. The highest BCUT2D eigenvalue weighted by Crippen LogP contribution is 2.47. The van der Waals surface area contributed by atoms with Gasteiger partial charge in [0.25, 0.3) is 0 Å². The summed E-state index contributed by atoms with van der Waals surface area (Å²) in [6, 6.07) is 36.3. The van der Waals surface area contributed by atoms with Crippen molar-refractivity contribution in [2.75, 3.05) is 0 Å². The van der Waals surface area contributed by atoms with Crippen LogP contribution in [-0.4, -0.2) is 0 Å². The topological polar surface area (TPSA) is 18.5 Å². The van der Waals surface area contributed by atoms with Crippen LogP contribution in [0, 0.1) is 0 Å². The normalized spacial score (nSPS) is 10.9. The summed E-state index contributed by atoms with van der Waals surface area (Å²) in [5.74, 6) is 3.03. The maximum Gasteiger partial charge on any atom is 0.177 e. The summed E-state index contributed by atoms with van der Waals surface area (Å²) in [7, 11) is 0. The molecule has 0 fully saturated rings. The van der Waals surface area contributed by atoms with E-state index < -0.39 is 0 Å². The van der Waals surface area contributed by atoms with Crippen molar-refractivity contribution in [3.63, 3.8) is 0 Å². The molecule has 2 nitrogen and oxygen atoms in total. The van der Waals surface area contributed by atoms with E-state index in [1.54, 1.807) is 0 Å². The molecule has 0 spiro atoms. The van der Waals surface area contributed by atoms with Crippen LogP contribution in [-0.2, 0) is 0 Å². The second-order valence-corrected chi connectivity index (χ2v) is 6.61. The smallest absolute Gasteiger partial charge is 0.177 e. The number of para-hydroxylation sites is 1. The molecule has 134 valence electrons. The lowest BCUT2D eigenvalue weighted by Crippen LogP contribution is -1.89. The molecule has 28 heavy (non-hydrogen) atoms. The van der Waals surface area contributed by atoms with Crippen LogP contribution in [0.2, 0.25) is 0 Å². The van der Waals surface area contributed by atoms with Crippen LogP contribution < -0.4 is 9.47 Å². The molecule has 0 unspecified atom stereocenters. The summed E-state index contributed by atoms with van der Waals surface area (Å²) in [6.07, 6.45) is 0. The van der Waals surface area contributed by atoms with Crippen LogP contribution >= 0.6 is 0 Å². The molecule has 0 radical (unpaired) electrons. The first-order chi connectivity index (χ1) is 13.9. The average molecular weight is 362 g/mol. The highest BCUT2D eigenvalue weighted by molar-refractivity contribution is 5.89. The first-order valence-electron chi connectivity index (χ1n) is 9.29. The van der Waals surface area contributed by atoms with E-state index in [2.05, 4.69) is 30.3 Å². The monoisotopic (exact) mass is 362 g/mol. The van der Waals surface area contributed by atoms with Gasteiger partial charge in [-0.2, -0.15) is 0 Å². The molecule has 2 aliphatic carbocycles. The number of benzene rings is 3. The molecule has 0 aromatic heterocycles. The summed E-state index contributed by atoms with van der Waals surface area (Å²) < 4.78 is 12.6. The van der Waals surface area contributed by atoms with Crippen LogP contribution in [0.1, 0.15) is 0 Å². The number of hydrogen-bond donors (Lipinski definition) is 0. The Balaban J connectivity index is 1.64. The van der Waals surface area contributed by atoms with Crippen molar-refractivity contribution in [2.45, 2.75) is 0 Å². The van der Waals surface area contributed by atoms with Gasteiger partial charge >= 0.3 is 0 Å². The molecule has 0 saturated heterocycles. The van der Waals surface area contributed by atoms with Crippen LogP contribution in [0.25, 0.3) is 21.9 Å². The Bertz CT molecular complexity index is 1210. The van der Waals surface area contributed by atoms with E-state index in [1.165, 1.54) is 0 Å². The van der Waals surface area contributed by atoms with E-state index in [1.807, 2.05) is 78.9 Å². The fourth-order valence-electron chi connectivity index (χ4n) is 3.42. The third-order valence-electron chi connectivity index (χ3n) is 4.76. The van der Waals surface area contributed by atoms with E-state index in [9.17, 15) is 0 Å². The summed E-state index contributed by atoms with van der Waals surface area (Å²) in [5, 5.41) is 2.22. The molecule has 0 bridgehead atoms. The van der Waals surface area contributed by atoms with E-state index in [0.717, 1.165) is 39.1 Å².